The third-order valence-electron chi connectivity index (χ3n) is 2.41. The number of nitrogens with two attached hydrogens (primary N) is 1. The van der Waals surface area contributed by atoms with Gasteiger partial charge in [-0.3, -0.25) is 0 Å². The Kier molecular flexibility index (Phi) is 4.02. The summed E-state index contributed by atoms with van der Waals surface area (Å²) in [7, 11) is 0. The minimum absolute atomic E-state index is 0. The summed E-state index contributed by atoms with van der Waals surface area (Å²) in [5.41, 5.74) is 6.36. The number of ether oxygens (including phenoxy) is 1. The summed E-state index contributed by atoms with van der Waals surface area (Å²) in [5, 5.41) is 0. The van der Waals surface area contributed by atoms with Crippen molar-refractivity contribution in [2.24, 2.45) is 5.73 Å². The fourth-order valence-electron chi connectivity index (χ4n) is 1.64. The van der Waals surface area contributed by atoms with Crippen LogP contribution in [0.1, 0.15) is 18.1 Å². The molecule has 1 aromatic carbocycles. The lowest BCUT2D eigenvalue weighted by atomic mass is 10.0. The van der Waals surface area contributed by atoms with Crippen molar-refractivity contribution in [3.8, 4) is 0 Å². The molecule has 0 radical (unpaired) electrons. The van der Waals surface area contributed by atoms with Crippen molar-refractivity contribution in [3.05, 3.63) is 35.4 Å². The average molecular weight is 236 g/mol. The van der Waals surface area contributed by atoms with Crippen LogP contribution in [0.5, 0.6) is 0 Å². The van der Waals surface area contributed by atoms with E-state index in [4.69, 9.17) is 10.5 Å². The number of hydrogen-bond acceptors (Lipinski definition) is 2. The van der Waals surface area contributed by atoms with Crippen LogP contribution < -0.4 is 5.73 Å². The minimum Gasteiger partial charge on any atom is -0.372 e. The normalized spacial score (nSPS) is 25.0. The maximum absolute atomic E-state index is 12.9. The van der Waals surface area contributed by atoms with E-state index in [0.29, 0.717) is 12.2 Å². The van der Waals surface area contributed by atoms with E-state index in [-0.39, 0.29) is 24.6 Å². The van der Waals surface area contributed by atoms with Crippen molar-refractivity contribution in [2.75, 3.05) is 6.61 Å². The topological polar surface area (TPSA) is 35.2 Å². The molecule has 2 nitrogen and oxygen atoms in total. The molecule has 0 aromatic heterocycles. The van der Waals surface area contributed by atoms with Crippen LogP contribution in [0.3, 0.4) is 0 Å². The van der Waals surface area contributed by atoms with Gasteiger partial charge in [0.05, 0.1) is 6.10 Å². The molecular weight excluding hydrogens is 224 g/mol. The van der Waals surface area contributed by atoms with Crippen LogP contribution in [-0.2, 0) is 4.74 Å². The molecule has 0 spiro atoms. The van der Waals surface area contributed by atoms with Crippen LogP contribution in [0, 0.1) is 11.6 Å². The fraction of sp³-hybridized carbons (Fsp3) is 0.400. The van der Waals surface area contributed by atoms with Crippen LogP contribution >= 0.6 is 12.4 Å². The molecule has 2 N–H and O–H groups in total. The number of halogens is 3. The molecule has 15 heavy (non-hydrogen) atoms. The van der Waals surface area contributed by atoms with Gasteiger partial charge < -0.3 is 10.5 Å². The second kappa shape index (κ2) is 4.88. The summed E-state index contributed by atoms with van der Waals surface area (Å²) in [6.07, 6.45) is 0.453. The summed E-state index contributed by atoms with van der Waals surface area (Å²) in [6.45, 7) is 0.574. The third-order valence-corrected chi connectivity index (χ3v) is 2.41. The van der Waals surface area contributed by atoms with Crippen LogP contribution in [-0.4, -0.2) is 12.6 Å². The Morgan fingerprint density at radius 3 is 2.53 bits per heavy atom. The standard InChI is InChI=1S/C10H11F2NO.ClH/c11-7-2-1-6(5-8(7)12)10-9(13)3-4-14-10;/h1-2,5,9-10H,3-4,13H2;1H/t9-,10+;/m1./s1. The summed E-state index contributed by atoms with van der Waals surface area (Å²) < 4.78 is 30.9. The van der Waals surface area contributed by atoms with Crippen LogP contribution in [0.2, 0.25) is 0 Å². The van der Waals surface area contributed by atoms with Gasteiger partial charge in [-0.1, -0.05) is 6.07 Å². The highest BCUT2D eigenvalue weighted by molar-refractivity contribution is 5.85. The van der Waals surface area contributed by atoms with Gasteiger partial charge in [-0.05, 0) is 24.1 Å². The molecule has 1 aliphatic heterocycles. The Morgan fingerprint density at radius 1 is 1.27 bits per heavy atom. The highest BCUT2D eigenvalue weighted by Gasteiger charge is 2.26. The maximum Gasteiger partial charge on any atom is 0.159 e. The molecule has 1 saturated heterocycles. The van der Waals surface area contributed by atoms with E-state index in [2.05, 4.69) is 0 Å². The Bertz CT molecular complexity index is 348. The summed E-state index contributed by atoms with van der Waals surface area (Å²) >= 11 is 0. The highest BCUT2D eigenvalue weighted by Crippen LogP contribution is 2.28. The molecular formula is C10H12ClF2NO. The Morgan fingerprint density at radius 2 is 2.00 bits per heavy atom. The lowest BCUT2D eigenvalue weighted by molar-refractivity contribution is 0.105. The van der Waals surface area contributed by atoms with Crippen molar-refractivity contribution >= 4 is 12.4 Å². The maximum atomic E-state index is 12.9. The van der Waals surface area contributed by atoms with Crippen molar-refractivity contribution in [2.45, 2.75) is 18.6 Å². The first kappa shape index (κ1) is 12.4. The van der Waals surface area contributed by atoms with E-state index in [9.17, 15) is 8.78 Å². The van der Waals surface area contributed by atoms with E-state index in [0.717, 1.165) is 18.6 Å². The van der Waals surface area contributed by atoms with Crippen LogP contribution in [0.25, 0.3) is 0 Å². The molecule has 2 atom stereocenters. The first-order valence-electron chi connectivity index (χ1n) is 4.50. The second-order valence-corrected chi connectivity index (χ2v) is 3.42. The fourth-order valence-corrected chi connectivity index (χ4v) is 1.64. The van der Waals surface area contributed by atoms with Gasteiger partial charge in [-0.25, -0.2) is 8.78 Å². The number of benzene rings is 1. The zero-order valence-corrected chi connectivity index (χ0v) is 8.77. The average Bonchev–Trinajstić information content (AvgIpc) is 2.57. The largest absolute Gasteiger partial charge is 0.372 e. The summed E-state index contributed by atoms with van der Waals surface area (Å²) in [4.78, 5) is 0. The van der Waals surface area contributed by atoms with Gasteiger partial charge in [0.2, 0.25) is 0 Å². The van der Waals surface area contributed by atoms with Gasteiger partial charge in [0.1, 0.15) is 0 Å². The van der Waals surface area contributed by atoms with E-state index in [1.165, 1.54) is 6.07 Å². The third kappa shape index (κ3) is 2.45. The second-order valence-electron chi connectivity index (χ2n) is 3.42. The molecule has 0 unspecified atom stereocenters. The lowest BCUT2D eigenvalue weighted by Crippen LogP contribution is -2.23. The predicted octanol–water partition coefficient (Wildman–Crippen LogP) is 2.18. The van der Waals surface area contributed by atoms with Gasteiger partial charge in [0.15, 0.2) is 11.6 Å². The van der Waals surface area contributed by atoms with Crippen LogP contribution in [0.4, 0.5) is 8.78 Å². The Balaban J connectivity index is 0.00000112. The molecule has 0 saturated carbocycles. The van der Waals surface area contributed by atoms with E-state index >= 15 is 0 Å². The number of hydrogen-bond donors (Lipinski definition) is 1. The van der Waals surface area contributed by atoms with Crippen molar-refractivity contribution in [3.63, 3.8) is 0 Å². The SMILES string of the molecule is Cl.N[C@@H]1CCO[C@H]1c1ccc(F)c(F)c1. The molecule has 0 bridgehead atoms. The highest BCUT2D eigenvalue weighted by atomic mass is 35.5. The predicted molar refractivity (Wildman–Crippen MR) is 54.9 cm³/mol. The Hall–Kier alpha value is -0.710. The summed E-state index contributed by atoms with van der Waals surface area (Å²) in [6, 6.07) is 3.62. The number of rotatable bonds is 1. The lowest BCUT2D eigenvalue weighted by Gasteiger charge is -2.14. The smallest absolute Gasteiger partial charge is 0.159 e. The molecule has 1 fully saturated rings. The van der Waals surface area contributed by atoms with Crippen molar-refractivity contribution < 1.29 is 13.5 Å². The molecule has 0 aliphatic carbocycles. The molecule has 5 heteroatoms. The first-order chi connectivity index (χ1) is 6.68. The molecule has 1 aromatic rings. The van der Waals surface area contributed by atoms with Gasteiger partial charge >= 0.3 is 0 Å². The molecule has 84 valence electrons. The molecule has 1 aliphatic rings. The van der Waals surface area contributed by atoms with Gasteiger partial charge in [0, 0.05) is 12.6 Å². The van der Waals surface area contributed by atoms with Crippen LogP contribution in [0.15, 0.2) is 18.2 Å². The minimum atomic E-state index is -0.856. The van der Waals surface area contributed by atoms with Gasteiger partial charge in [-0.15, -0.1) is 12.4 Å². The van der Waals surface area contributed by atoms with E-state index < -0.39 is 11.6 Å². The summed E-state index contributed by atoms with van der Waals surface area (Å²) in [5.74, 6) is -1.70. The molecule has 1 heterocycles. The zero-order valence-electron chi connectivity index (χ0n) is 7.95. The Labute approximate surface area is 92.8 Å². The monoisotopic (exact) mass is 235 g/mol. The first-order valence-corrected chi connectivity index (χ1v) is 4.50. The van der Waals surface area contributed by atoms with Gasteiger partial charge in [-0.2, -0.15) is 0 Å². The van der Waals surface area contributed by atoms with Crippen molar-refractivity contribution in [1.29, 1.82) is 0 Å². The van der Waals surface area contributed by atoms with E-state index in [1.807, 2.05) is 0 Å². The molecule has 2 rings (SSSR count). The van der Waals surface area contributed by atoms with E-state index in [1.54, 1.807) is 0 Å². The zero-order chi connectivity index (χ0) is 10.1. The molecule has 0 amide bonds. The van der Waals surface area contributed by atoms with Gasteiger partial charge in [0.25, 0.3) is 0 Å². The van der Waals surface area contributed by atoms with Crippen molar-refractivity contribution in [1.82, 2.24) is 0 Å². The quantitative estimate of drug-likeness (QED) is 0.810.